The number of nitrogens with one attached hydrogen (secondary N) is 4. The van der Waals surface area contributed by atoms with Gasteiger partial charge < -0.3 is 20.1 Å². The van der Waals surface area contributed by atoms with Crippen LogP contribution in [0.15, 0.2) is 42.5 Å². The molecule has 2 aromatic rings. The van der Waals surface area contributed by atoms with Crippen molar-refractivity contribution in [2.75, 3.05) is 30.5 Å². The highest BCUT2D eigenvalue weighted by Crippen LogP contribution is 2.18. The van der Waals surface area contributed by atoms with Crippen molar-refractivity contribution in [3.63, 3.8) is 0 Å². The second kappa shape index (κ2) is 13.3. The second-order valence-corrected chi connectivity index (χ2v) is 7.14. The van der Waals surface area contributed by atoms with Crippen LogP contribution in [0, 0.1) is 26.2 Å². The molecule has 174 valence electrons. The molecule has 2 aromatic carbocycles. The molecule has 4 N–H and O–H groups in total. The third kappa shape index (κ3) is 9.23. The molecule has 0 aliphatic rings. The van der Waals surface area contributed by atoms with E-state index >= 15 is 0 Å². The second-order valence-electron chi connectivity index (χ2n) is 7.14. The summed E-state index contributed by atoms with van der Waals surface area (Å²) in [5, 5.41) is 5.50. The summed E-state index contributed by atoms with van der Waals surface area (Å²) in [5.41, 5.74) is 8.13. The van der Waals surface area contributed by atoms with Crippen molar-refractivity contribution in [1.82, 2.24) is 10.7 Å². The molecule has 0 fully saturated rings. The third-order valence-electron chi connectivity index (χ3n) is 4.38. The predicted molar refractivity (Wildman–Crippen MR) is 126 cm³/mol. The van der Waals surface area contributed by atoms with Gasteiger partial charge in [-0.1, -0.05) is 23.6 Å². The Hall–Kier alpha value is -4.19. The predicted octanol–water partition coefficient (Wildman–Crippen LogP) is 2.90. The van der Waals surface area contributed by atoms with Gasteiger partial charge in [0.05, 0.1) is 12.3 Å². The van der Waals surface area contributed by atoms with Crippen LogP contribution in [0.2, 0.25) is 0 Å². The SMILES string of the molecule is C#CCOC(=O)C(=O)NNc1ccc(NC(=O)NCCCCOc2ccc(C)cc2C)cc1. The highest BCUT2D eigenvalue weighted by atomic mass is 16.5. The van der Waals surface area contributed by atoms with Crippen LogP contribution in [0.3, 0.4) is 0 Å². The first kappa shape index (κ1) is 25.1. The van der Waals surface area contributed by atoms with Crippen LogP contribution in [-0.4, -0.2) is 37.7 Å². The summed E-state index contributed by atoms with van der Waals surface area (Å²) >= 11 is 0. The number of anilines is 2. The van der Waals surface area contributed by atoms with E-state index in [2.05, 4.69) is 38.2 Å². The first-order valence-electron chi connectivity index (χ1n) is 10.4. The van der Waals surface area contributed by atoms with Gasteiger partial charge in [0.25, 0.3) is 0 Å². The summed E-state index contributed by atoms with van der Waals surface area (Å²) in [6.07, 6.45) is 6.55. The highest BCUT2D eigenvalue weighted by Gasteiger charge is 2.14. The van der Waals surface area contributed by atoms with Gasteiger partial charge in [-0.05, 0) is 62.6 Å². The number of rotatable bonds is 10. The minimum atomic E-state index is -1.09. The summed E-state index contributed by atoms with van der Waals surface area (Å²) in [4.78, 5) is 34.8. The van der Waals surface area contributed by atoms with Crippen molar-refractivity contribution in [1.29, 1.82) is 0 Å². The Morgan fingerprint density at radius 3 is 2.42 bits per heavy atom. The number of benzene rings is 2. The lowest BCUT2D eigenvalue weighted by Gasteiger charge is -2.11. The Kier molecular flexibility index (Phi) is 10.1. The number of hydrazine groups is 1. The van der Waals surface area contributed by atoms with Gasteiger partial charge in [0, 0.05) is 12.2 Å². The van der Waals surface area contributed by atoms with E-state index in [1.54, 1.807) is 24.3 Å². The first-order valence-corrected chi connectivity index (χ1v) is 10.4. The van der Waals surface area contributed by atoms with Gasteiger partial charge in [-0.3, -0.25) is 15.6 Å². The topological polar surface area (TPSA) is 118 Å². The van der Waals surface area contributed by atoms with Gasteiger partial charge in [0.1, 0.15) is 5.75 Å². The quantitative estimate of drug-likeness (QED) is 0.145. The van der Waals surface area contributed by atoms with E-state index < -0.39 is 11.9 Å². The Morgan fingerprint density at radius 1 is 1.00 bits per heavy atom. The fraction of sp³-hybridized carbons (Fsp3) is 0.292. The molecule has 0 unspecified atom stereocenters. The molecule has 0 spiro atoms. The molecular formula is C24H28N4O5. The monoisotopic (exact) mass is 452 g/mol. The normalized spacial score (nSPS) is 9.85. The van der Waals surface area contributed by atoms with Crippen molar-refractivity contribution in [2.24, 2.45) is 0 Å². The number of ether oxygens (including phenoxy) is 2. The van der Waals surface area contributed by atoms with E-state index in [-0.39, 0.29) is 12.6 Å². The van der Waals surface area contributed by atoms with E-state index in [9.17, 15) is 14.4 Å². The lowest BCUT2D eigenvalue weighted by Crippen LogP contribution is -2.36. The van der Waals surface area contributed by atoms with Crippen molar-refractivity contribution in [2.45, 2.75) is 26.7 Å². The highest BCUT2D eigenvalue weighted by molar-refractivity contribution is 6.32. The number of terminal acetylenes is 1. The van der Waals surface area contributed by atoms with Gasteiger partial charge in [0.15, 0.2) is 6.61 Å². The molecule has 9 heteroatoms. The summed E-state index contributed by atoms with van der Waals surface area (Å²) in [5.74, 6) is 0.903. The number of esters is 1. The van der Waals surface area contributed by atoms with Gasteiger partial charge in [-0.15, -0.1) is 6.42 Å². The van der Waals surface area contributed by atoms with Crippen molar-refractivity contribution in [3.05, 3.63) is 53.6 Å². The zero-order valence-electron chi connectivity index (χ0n) is 18.7. The number of carbonyl (C=O) groups is 3. The summed E-state index contributed by atoms with van der Waals surface area (Å²) in [7, 11) is 0. The van der Waals surface area contributed by atoms with E-state index in [0.29, 0.717) is 24.5 Å². The van der Waals surface area contributed by atoms with E-state index in [1.807, 2.05) is 26.0 Å². The average molecular weight is 453 g/mol. The molecule has 0 saturated heterocycles. The summed E-state index contributed by atoms with van der Waals surface area (Å²) in [6, 6.07) is 12.3. The lowest BCUT2D eigenvalue weighted by molar-refractivity contribution is -0.153. The van der Waals surface area contributed by atoms with Gasteiger partial charge in [0.2, 0.25) is 0 Å². The number of urea groups is 1. The molecule has 9 nitrogen and oxygen atoms in total. The smallest absolute Gasteiger partial charge is 0.399 e. The molecule has 3 amide bonds. The number of hydrogen-bond acceptors (Lipinski definition) is 6. The molecular weight excluding hydrogens is 424 g/mol. The van der Waals surface area contributed by atoms with Crippen LogP contribution >= 0.6 is 0 Å². The number of hydrogen-bond donors (Lipinski definition) is 4. The minimum absolute atomic E-state index is 0.282. The molecule has 33 heavy (non-hydrogen) atoms. The molecule has 0 aliphatic carbocycles. The van der Waals surface area contributed by atoms with Gasteiger partial charge in [-0.25, -0.2) is 9.59 Å². The molecule has 2 rings (SSSR count). The zero-order chi connectivity index (χ0) is 24.1. The molecule has 0 saturated carbocycles. The fourth-order valence-corrected chi connectivity index (χ4v) is 2.74. The van der Waals surface area contributed by atoms with E-state index in [4.69, 9.17) is 11.2 Å². The number of aryl methyl sites for hydroxylation is 2. The van der Waals surface area contributed by atoms with Crippen LogP contribution in [0.4, 0.5) is 16.2 Å². The maximum atomic E-state index is 12.0. The Balaban J connectivity index is 1.61. The standard InChI is InChI=1S/C24H28N4O5/c1-4-14-33-23(30)22(29)28-27-20-10-8-19(9-11-20)26-24(31)25-13-5-6-15-32-21-12-7-17(2)16-18(21)3/h1,7-12,16,27H,5-6,13-15H2,2-3H3,(H,28,29)(H2,25,26,31). The summed E-state index contributed by atoms with van der Waals surface area (Å²) < 4.78 is 10.3. The van der Waals surface area contributed by atoms with Crippen LogP contribution < -0.4 is 26.2 Å². The van der Waals surface area contributed by atoms with Crippen LogP contribution in [-0.2, 0) is 14.3 Å². The van der Waals surface area contributed by atoms with E-state index in [1.165, 1.54) is 5.56 Å². The fourth-order valence-electron chi connectivity index (χ4n) is 2.74. The van der Waals surface area contributed by atoms with Crippen LogP contribution in [0.1, 0.15) is 24.0 Å². The molecule has 0 bridgehead atoms. The molecule has 0 aliphatic heterocycles. The zero-order valence-corrected chi connectivity index (χ0v) is 18.7. The maximum absolute atomic E-state index is 12.0. The molecule has 0 atom stereocenters. The number of amides is 3. The van der Waals surface area contributed by atoms with Crippen LogP contribution in [0.5, 0.6) is 5.75 Å². The lowest BCUT2D eigenvalue weighted by atomic mass is 10.1. The van der Waals surface area contributed by atoms with Crippen molar-refractivity contribution >= 4 is 29.3 Å². The van der Waals surface area contributed by atoms with Crippen molar-refractivity contribution in [3.8, 4) is 18.1 Å². The summed E-state index contributed by atoms with van der Waals surface area (Å²) in [6.45, 7) is 4.88. The van der Waals surface area contributed by atoms with E-state index in [0.717, 1.165) is 24.2 Å². The molecule has 0 aromatic heterocycles. The minimum Gasteiger partial charge on any atom is -0.493 e. The van der Waals surface area contributed by atoms with Gasteiger partial charge in [-0.2, -0.15) is 0 Å². The first-order chi connectivity index (χ1) is 15.9. The third-order valence-corrected chi connectivity index (χ3v) is 4.38. The Labute approximate surface area is 193 Å². The molecule has 0 radical (unpaired) electrons. The number of carbonyl (C=O) groups excluding carboxylic acids is 3. The Morgan fingerprint density at radius 2 is 1.73 bits per heavy atom. The van der Waals surface area contributed by atoms with Gasteiger partial charge >= 0.3 is 17.9 Å². The Bertz CT molecular complexity index is 999. The average Bonchev–Trinajstić information content (AvgIpc) is 2.80. The largest absolute Gasteiger partial charge is 0.493 e. The number of unbranched alkanes of at least 4 members (excludes halogenated alkanes) is 1. The van der Waals surface area contributed by atoms with Crippen LogP contribution in [0.25, 0.3) is 0 Å². The molecule has 0 heterocycles. The van der Waals surface area contributed by atoms with Crippen molar-refractivity contribution < 1.29 is 23.9 Å². The maximum Gasteiger partial charge on any atom is 0.399 e.